The highest BCUT2D eigenvalue weighted by Crippen LogP contribution is 2.43. The van der Waals surface area contributed by atoms with E-state index in [1.165, 1.54) is 70.6 Å². The van der Waals surface area contributed by atoms with Crippen molar-refractivity contribution in [3.63, 3.8) is 0 Å². The van der Waals surface area contributed by atoms with E-state index in [4.69, 9.17) is 0 Å². The van der Waals surface area contributed by atoms with E-state index in [0.717, 1.165) is 49.8 Å². The molecule has 3 saturated carbocycles. The summed E-state index contributed by atoms with van der Waals surface area (Å²) in [5.74, 6) is 1.04. The van der Waals surface area contributed by atoms with Gasteiger partial charge in [0.1, 0.15) is 5.82 Å². The lowest BCUT2D eigenvalue weighted by molar-refractivity contribution is -0.138. The second-order valence-corrected chi connectivity index (χ2v) is 11.2. The number of hydrogen-bond donors (Lipinski definition) is 1. The van der Waals surface area contributed by atoms with E-state index in [-0.39, 0.29) is 24.1 Å². The van der Waals surface area contributed by atoms with Crippen molar-refractivity contribution >= 4 is 5.97 Å². The molecule has 0 saturated heterocycles. The highest BCUT2D eigenvalue weighted by atomic mass is 19.1. The van der Waals surface area contributed by atoms with Crippen molar-refractivity contribution in [1.82, 2.24) is 4.90 Å². The second-order valence-electron chi connectivity index (χ2n) is 11.2. The quantitative estimate of drug-likeness (QED) is 0.420. The van der Waals surface area contributed by atoms with Crippen LogP contribution in [0.5, 0.6) is 0 Å². The maximum Gasteiger partial charge on any atom is 0.303 e. The zero-order valence-corrected chi connectivity index (χ0v) is 20.4. The summed E-state index contributed by atoms with van der Waals surface area (Å²) in [6.07, 6.45) is 18.4. The van der Waals surface area contributed by atoms with E-state index in [9.17, 15) is 14.3 Å². The molecule has 4 rings (SSSR count). The normalized spacial score (nSPS) is 27.6. The number of carbonyl (C=O) groups is 1. The number of nitrogens with zero attached hydrogens (tertiary/aromatic N) is 1. The van der Waals surface area contributed by atoms with Crippen molar-refractivity contribution < 1.29 is 14.3 Å². The molecular weight excluding hydrogens is 413 g/mol. The Kier molecular flexibility index (Phi) is 9.23. The minimum absolute atomic E-state index is 0.134. The Labute approximate surface area is 200 Å². The van der Waals surface area contributed by atoms with Gasteiger partial charge in [-0.15, -0.1) is 0 Å². The molecule has 0 amide bonds. The van der Waals surface area contributed by atoms with E-state index < -0.39 is 5.97 Å². The van der Waals surface area contributed by atoms with Gasteiger partial charge in [0.05, 0.1) is 0 Å². The predicted molar refractivity (Wildman–Crippen MR) is 132 cm³/mol. The average molecular weight is 458 g/mol. The molecule has 3 aliphatic rings. The molecule has 1 aromatic rings. The Morgan fingerprint density at radius 2 is 1.48 bits per heavy atom. The van der Waals surface area contributed by atoms with Gasteiger partial charge in [-0.05, 0) is 74.1 Å². The molecule has 184 valence electrons. The SMILES string of the molecule is O=C(O)CC1CCCC(N(CCC2CCCCC2)CC2CCCCC2)C1c1ccc(F)cc1. The summed E-state index contributed by atoms with van der Waals surface area (Å²) in [6.45, 7) is 2.30. The van der Waals surface area contributed by atoms with Crippen LogP contribution in [0.15, 0.2) is 24.3 Å². The molecule has 33 heavy (non-hydrogen) atoms. The van der Waals surface area contributed by atoms with Crippen molar-refractivity contribution in [1.29, 1.82) is 0 Å². The summed E-state index contributed by atoms with van der Waals surface area (Å²) >= 11 is 0. The molecule has 3 nitrogen and oxygen atoms in total. The van der Waals surface area contributed by atoms with Gasteiger partial charge in [-0.25, -0.2) is 4.39 Å². The molecule has 4 heteroatoms. The molecule has 3 aliphatic carbocycles. The number of carboxylic acids is 1. The first-order chi connectivity index (χ1) is 16.1. The molecule has 0 heterocycles. The van der Waals surface area contributed by atoms with Gasteiger partial charge in [-0.3, -0.25) is 9.69 Å². The molecule has 0 radical (unpaired) electrons. The van der Waals surface area contributed by atoms with Gasteiger partial charge in [0.2, 0.25) is 0 Å². The highest BCUT2D eigenvalue weighted by Gasteiger charge is 2.39. The minimum Gasteiger partial charge on any atom is -0.481 e. The lowest BCUT2D eigenvalue weighted by Gasteiger charge is -2.46. The molecule has 1 aromatic carbocycles. The van der Waals surface area contributed by atoms with Gasteiger partial charge in [-0.1, -0.05) is 69.9 Å². The Bertz CT molecular complexity index is 724. The van der Waals surface area contributed by atoms with E-state index in [2.05, 4.69) is 4.90 Å². The summed E-state index contributed by atoms with van der Waals surface area (Å²) in [6, 6.07) is 7.35. The van der Waals surface area contributed by atoms with Crippen LogP contribution in [0.1, 0.15) is 108 Å². The molecule has 0 spiro atoms. The second kappa shape index (κ2) is 12.3. The molecule has 1 N–H and O–H groups in total. The van der Waals surface area contributed by atoms with Gasteiger partial charge in [0, 0.05) is 24.9 Å². The third kappa shape index (κ3) is 7.04. The van der Waals surface area contributed by atoms with Crippen LogP contribution in [0.2, 0.25) is 0 Å². The smallest absolute Gasteiger partial charge is 0.303 e. The molecule has 3 atom stereocenters. The molecular formula is C29H44FNO2. The molecule has 0 bridgehead atoms. The minimum atomic E-state index is -0.700. The van der Waals surface area contributed by atoms with Crippen LogP contribution in [0.25, 0.3) is 0 Å². The monoisotopic (exact) mass is 457 g/mol. The molecule has 0 aromatic heterocycles. The van der Waals surface area contributed by atoms with Crippen molar-refractivity contribution in [2.75, 3.05) is 13.1 Å². The summed E-state index contributed by atoms with van der Waals surface area (Å²) < 4.78 is 13.7. The number of halogens is 1. The summed E-state index contributed by atoms with van der Waals surface area (Å²) in [5.41, 5.74) is 1.14. The fourth-order valence-electron chi connectivity index (χ4n) is 7.22. The number of hydrogen-bond acceptors (Lipinski definition) is 2. The first-order valence-corrected chi connectivity index (χ1v) is 13.8. The Morgan fingerprint density at radius 1 is 0.848 bits per heavy atom. The van der Waals surface area contributed by atoms with Crippen LogP contribution in [-0.4, -0.2) is 35.1 Å². The molecule has 3 unspecified atom stereocenters. The summed E-state index contributed by atoms with van der Waals surface area (Å²) in [7, 11) is 0. The number of carboxylic acid groups (broad SMARTS) is 1. The van der Waals surface area contributed by atoms with Gasteiger partial charge >= 0.3 is 5.97 Å². The Balaban J connectivity index is 1.56. The fourth-order valence-corrected chi connectivity index (χ4v) is 7.22. The Hall–Kier alpha value is -1.42. The van der Waals surface area contributed by atoms with Crippen LogP contribution >= 0.6 is 0 Å². The fraction of sp³-hybridized carbons (Fsp3) is 0.759. The van der Waals surface area contributed by atoms with Crippen LogP contribution in [0.3, 0.4) is 0 Å². The van der Waals surface area contributed by atoms with Gasteiger partial charge in [0.15, 0.2) is 0 Å². The largest absolute Gasteiger partial charge is 0.481 e. The number of aliphatic carboxylic acids is 1. The van der Waals surface area contributed by atoms with Gasteiger partial charge in [0.25, 0.3) is 0 Å². The first kappa shape index (κ1) is 24.7. The van der Waals surface area contributed by atoms with E-state index in [0.29, 0.717) is 6.04 Å². The van der Waals surface area contributed by atoms with Crippen molar-refractivity contribution in [2.24, 2.45) is 17.8 Å². The standard InChI is InChI=1S/C29H44FNO2/c30-26-16-14-24(15-17-26)29-25(20-28(32)33)12-7-13-27(29)31(21-23-10-5-2-6-11-23)19-18-22-8-3-1-4-9-22/h14-17,22-23,25,27,29H,1-13,18-21H2,(H,32,33). The lowest BCUT2D eigenvalue weighted by Crippen LogP contribution is -2.47. The first-order valence-electron chi connectivity index (χ1n) is 13.8. The van der Waals surface area contributed by atoms with E-state index in [1.807, 2.05) is 12.1 Å². The maximum atomic E-state index is 13.7. The third-order valence-corrected chi connectivity index (χ3v) is 8.92. The number of rotatable bonds is 9. The van der Waals surface area contributed by atoms with Crippen molar-refractivity contribution in [2.45, 2.75) is 108 Å². The Morgan fingerprint density at radius 3 is 2.12 bits per heavy atom. The van der Waals surface area contributed by atoms with E-state index in [1.54, 1.807) is 12.1 Å². The summed E-state index contributed by atoms with van der Waals surface area (Å²) in [5, 5.41) is 9.66. The zero-order valence-electron chi connectivity index (χ0n) is 20.4. The third-order valence-electron chi connectivity index (χ3n) is 8.92. The van der Waals surface area contributed by atoms with Crippen molar-refractivity contribution in [3.05, 3.63) is 35.6 Å². The molecule has 3 fully saturated rings. The summed E-state index contributed by atoms with van der Waals surface area (Å²) in [4.78, 5) is 14.5. The van der Waals surface area contributed by atoms with Gasteiger partial charge in [-0.2, -0.15) is 0 Å². The van der Waals surface area contributed by atoms with Crippen LogP contribution < -0.4 is 0 Å². The van der Waals surface area contributed by atoms with Crippen LogP contribution in [0, 0.1) is 23.6 Å². The van der Waals surface area contributed by atoms with Crippen molar-refractivity contribution in [3.8, 4) is 0 Å². The number of benzene rings is 1. The van der Waals surface area contributed by atoms with Gasteiger partial charge < -0.3 is 5.11 Å². The van der Waals surface area contributed by atoms with Crippen LogP contribution in [-0.2, 0) is 4.79 Å². The topological polar surface area (TPSA) is 40.5 Å². The lowest BCUT2D eigenvalue weighted by atomic mass is 9.70. The average Bonchev–Trinajstić information content (AvgIpc) is 2.83. The van der Waals surface area contributed by atoms with E-state index >= 15 is 0 Å². The van der Waals surface area contributed by atoms with Crippen LogP contribution in [0.4, 0.5) is 4.39 Å². The zero-order chi connectivity index (χ0) is 23.0. The molecule has 0 aliphatic heterocycles. The highest BCUT2D eigenvalue weighted by molar-refractivity contribution is 5.67. The maximum absolute atomic E-state index is 13.7. The predicted octanol–water partition coefficient (Wildman–Crippen LogP) is 7.41.